The van der Waals surface area contributed by atoms with Gasteiger partial charge in [-0.2, -0.15) is 13.2 Å². The zero-order valence-electron chi connectivity index (χ0n) is 16.4. The van der Waals surface area contributed by atoms with Crippen molar-refractivity contribution in [1.29, 1.82) is 0 Å². The van der Waals surface area contributed by atoms with Gasteiger partial charge in [-0.3, -0.25) is 4.99 Å². The molecule has 0 unspecified atom stereocenters. The fourth-order valence-corrected chi connectivity index (χ4v) is 3.13. The molecule has 0 fully saturated rings. The summed E-state index contributed by atoms with van der Waals surface area (Å²) in [6.45, 7) is 3.81. The molecule has 2 N–H and O–H groups in total. The van der Waals surface area contributed by atoms with Gasteiger partial charge >= 0.3 is 6.18 Å². The first-order valence-electron chi connectivity index (χ1n) is 9.10. The zero-order chi connectivity index (χ0) is 20.4. The molecule has 1 aromatic heterocycles. The normalized spacial score (nSPS) is 11.7. The van der Waals surface area contributed by atoms with Crippen LogP contribution in [0.3, 0.4) is 0 Å². The highest BCUT2D eigenvalue weighted by Gasteiger charge is 2.33. The second kappa shape index (κ2) is 12.9. The van der Waals surface area contributed by atoms with E-state index in [-0.39, 0.29) is 24.0 Å². The molecule has 5 nitrogen and oxygen atoms in total. The summed E-state index contributed by atoms with van der Waals surface area (Å²) in [6, 6.07) is 7.83. The molecule has 2 rings (SSSR count). The van der Waals surface area contributed by atoms with Crippen LogP contribution >= 0.6 is 35.3 Å². The van der Waals surface area contributed by atoms with E-state index in [0.29, 0.717) is 37.1 Å². The van der Waals surface area contributed by atoms with Gasteiger partial charge in [-0.15, -0.1) is 35.3 Å². The summed E-state index contributed by atoms with van der Waals surface area (Å²) in [6.07, 6.45) is -1.90. The third kappa shape index (κ3) is 9.20. The van der Waals surface area contributed by atoms with E-state index in [2.05, 4.69) is 27.5 Å². The van der Waals surface area contributed by atoms with Crippen molar-refractivity contribution >= 4 is 41.3 Å². The lowest BCUT2D eigenvalue weighted by Gasteiger charge is -2.12. The van der Waals surface area contributed by atoms with Crippen LogP contribution in [0.2, 0.25) is 0 Å². The van der Waals surface area contributed by atoms with Crippen molar-refractivity contribution in [2.75, 3.05) is 20.2 Å². The fourth-order valence-electron chi connectivity index (χ4n) is 2.33. The van der Waals surface area contributed by atoms with Crippen LogP contribution in [0.15, 0.2) is 34.6 Å². The van der Waals surface area contributed by atoms with E-state index in [1.54, 1.807) is 7.05 Å². The number of hydrogen-bond acceptors (Lipinski definition) is 4. The van der Waals surface area contributed by atoms with Crippen LogP contribution in [-0.4, -0.2) is 31.1 Å². The van der Waals surface area contributed by atoms with Crippen LogP contribution in [0.1, 0.15) is 36.0 Å². The summed E-state index contributed by atoms with van der Waals surface area (Å²) in [5, 5.41) is 7.74. The minimum atomic E-state index is -4.39. The Balaban J connectivity index is 0.00000420. The Morgan fingerprint density at radius 1 is 1.28 bits per heavy atom. The number of nitrogens with zero attached hydrogens (tertiary/aromatic N) is 2. The highest BCUT2D eigenvalue weighted by molar-refractivity contribution is 14.0. The molecule has 0 saturated carbocycles. The molecule has 29 heavy (non-hydrogen) atoms. The zero-order valence-corrected chi connectivity index (χ0v) is 19.5. The van der Waals surface area contributed by atoms with Crippen molar-refractivity contribution in [2.45, 2.75) is 38.9 Å². The number of rotatable bonds is 9. The quantitative estimate of drug-likeness (QED) is 0.206. The molecular formula is C19H26F3IN4OS. The SMILES string of the molecule is CCCCOc1cccc(CNC(=NC)NCCc2nc(C(F)(F)F)cs2)c1.I. The van der Waals surface area contributed by atoms with Gasteiger partial charge in [0, 0.05) is 31.9 Å². The molecule has 162 valence electrons. The third-order valence-corrected chi connectivity index (χ3v) is 4.73. The van der Waals surface area contributed by atoms with Crippen LogP contribution in [0.25, 0.3) is 0 Å². The average Bonchev–Trinajstić information content (AvgIpc) is 3.14. The van der Waals surface area contributed by atoms with Crippen LogP contribution in [0.5, 0.6) is 5.75 Å². The van der Waals surface area contributed by atoms with Gasteiger partial charge in [0.15, 0.2) is 11.7 Å². The molecule has 0 aliphatic heterocycles. The molecular weight excluding hydrogens is 516 g/mol. The van der Waals surface area contributed by atoms with Crippen molar-refractivity contribution in [3.05, 3.63) is 45.9 Å². The van der Waals surface area contributed by atoms with E-state index in [0.717, 1.165) is 40.9 Å². The first kappa shape index (κ1) is 25.5. The second-order valence-electron chi connectivity index (χ2n) is 6.08. The fraction of sp³-hybridized carbons (Fsp3) is 0.474. The molecule has 10 heteroatoms. The highest BCUT2D eigenvalue weighted by Crippen LogP contribution is 2.30. The monoisotopic (exact) mass is 542 g/mol. The number of aliphatic imine (C=N–C) groups is 1. The molecule has 0 aliphatic carbocycles. The number of aromatic nitrogens is 1. The third-order valence-electron chi connectivity index (χ3n) is 3.82. The predicted octanol–water partition coefficient (Wildman–Crippen LogP) is 4.87. The number of nitrogens with one attached hydrogen (secondary N) is 2. The number of benzene rings is 1. The lowest BCUT2D eigenvalue weighted by Crippen LogP contribution is -2.37. The Morgan fingerprint density at radius 3 is 2.72 bits per heavy atom. The standard InChI is InChI=1S/C19H25F3N4OS.HI/c1-3-4-10-27-15-7-5-6-14(11-15)12-25-18(23-2)24-9-8-17-26-16(13-28-17)19(20,21)22;/h5-7,11,13H,3-4,8-10,12H2,1-2H3,(H2,23,24,25);1H. The Bertz CT molecular complexity index is 768. The van der Waals surface area contributed by atoms with Gasteiger partial charge in [0.1, 0.15) is 5.75 Å². The predicted molar refractivity (Wildman–Crippen MR) is 121 cm³/mol. The Hall–Kier alpha value is -1.56. The molecule has 2 aromatic rings. The average molecular weight is 542 g/mol. The van der Waals surface area contributed by atoms with E-state index in [1.807, 2.05) is 24.3 Å². The number of ether oxygens (including phenoxy) is 1. The van der Waals surface area contributed by atoms with Gasteiger partial charge in [-0.1, -0.05) is 25.5 Å². The van der Waals surface area contributed by atoms with Crippen LogP contribution < -0.4 is 15.4 Å². The van der Waals surface area contributed by atoms with Gasteiger partial charge in [0.2, 0.25) is 0 Å². The van der Waals surface area contributed by atoms with Crippen LogP contribution in [-0.2, 0) is 19.1 Å². The van der Waals surface area contributed by atoms with Crippen LogP contribution in [0.4, 0.5) is 13.2 Å². The van der Waals surface area contributed by atoms with Gasteiger partial charge in [0.05, 0.1) is 11.6 Å². The molecule has 0 aliphatic rings. The van der Waals surface area contributed by atoms with E-state index in [4.69, 9.17) is 4.74 Å². The molecule has 1 aromatic carbocycles. The van der Waals surface area contributed by atoms with Gasteiger partial charge in [0.25, 0.3) is 0 Å². The van der Waals surface area contributed by atoms with Crippen molar-refractivity contribution in [2.24, 2.45) is 4.99 Å². The number of unbranched alkanes of at least 4 members (excludes halogenated alkanes) is 1. The van der Waals surface area contributed by atoms with Crippen molar-refractivity contribution in [3.63, 3.8) is 0 Å². The van der Waals surface area contributed by atoms with Crippen molar-refractivity contribution in [3.8, 4) is 5.75 Å². The van der Waals surface area contributed by atoms with Crippen molar-refractivity contribution in [1.82, 2.24) is 15.6 Å². The van der Waals surface area contributed by atoms with E-state index < -0.39 is 11.9 Å². The van der Waals surface area contributed by atoms with Gasteiger partial charge in [-0.25, -0.2) is 4.98 Å². The van der Waals surface area contributed by atoms with E-state index in [1.165, 1.54) is 0 Å². The van der Waals surface area contributed by atoms with Crippen molar-refractivity contribution < 1.29 is 17.9 Å². The van der Waals surface area contributed by atoms with E-state index >= 15 is 0 Å². The number of hydrogen-bond donors (Lipinski definition) is 2. The molecule has 0 amide bonds. The first-order valence-corrected chi connectivity index (χ1v) is 9.98. The molecule has 0 saturated heterocycles. The molecule has 0 atom stereocenters. The number of alkyl halides is 3. The van der Waals surface area contributed by atoms with Crippen LogP contribution in [0, 0.1) is 0 Å². The maximum Gasteiger partial charge on any atom is 0.434 e. The maximum absolute atomic E-state index is 12.6. The molecule has 0 bridgehead atoms. The highest BCUT2D eigenvalue weighted by atomic mass is 127. The number of thiazole rings is 1. The van der Waals surface area contributed by atoms with Gasteiger partial charge in [-0.05, 0) is 24.1 Å². The first-order chi connectivity index (χ1) is 13.4. The molecule has 0 spiro atoms. The minimum Gasteiger partial charge on any atom is -0.494 e. The lowest BCUT2D eigenvalue weighted by atomic mass is 10.2. The lowest BCUT2D eigenvalue weighted by molar-refractivity contribution is -0.140. The topological polar surface area (TPSA) is 58.5 Å². The number of guanidine groups is 1. The maximum atomic E-state index is 12.6. The van der Waals surface area contributed by atoms with Gasteiger partial charge < -0.3 is 15.4 Å². The smallest absolute Gasteiger partial charge is 0.434 e. The summed E-state index contributed by atoms with van der Waals surface area (Å²) in [5.74, 6) is 1.41. The second-order valence-corrected chi connectivity index (χ2v) is 7.02. The summed E-state index contributed by atoms with van der Waals surface area (Å²) in [4.78, 5) is 7.75. The Morgan fingerprint density at radius 2 is 2.07 bits per heavy atom. The Labute approximate surface area is 190 Å². The summed E-state index contributed by atoms with van der Waals surface area (Å²) >= 11 is 1.01. The summed E-state index contributed by atoms with van der Waals surface area (Å²) in [7, 11) is 1.64. The summed E-state index contributed by atoms with van der Waals surface area (Å²) < 4.78 is 43.4. The number of halogens is 4. The minimum absolute atomic E-state index is 0. The van der Waals surface area contributed by atoms with E-state index in [9.17, 15) is 13.2 Å². The largest absolute Gasteiger partial charge is 0.494 e. The molecule has 0 radical (unpaired) electrons. The summed E-state index contributed by atoms with van der Waals surface area (Å²) in [5.41, 5.74) is 0.211. The molecule has 1 heterocycles. The Kier molecular flexibility index (Phi) is 11.3.